The molecule has 1 aliphatic rings. The Morgan fingerprint density at radius 3 is 2.83 bits per heavy atom. The second-order valence-corrected chi connectivity index (χ2v) is 5.02. The Morgan fingerprint density at radius 2 is 2.28 bits per heavy atom. The van der Waals surface area contributed by atoms with Crippen LogP contribution < -0.4 is 5.73 Å². The van der Waals surface area contributed by atoms with Crippen molar-refractivity contribution in [2.45, 2.75) is 19.9 Å². The summed E-state index contributed by atoms with van der Waals surface area (Å²) >= 11 is 0. The fourth-order valence-electron chi connectivity index (χ4n) is 2.40. The van der Waals surface area contributed by atoms with Crippen molar-refractivity contribution in [2.75, 3.05) is 18.8 Å². The molecule has 1 aromatic rings. The number of aromatic hydroxyl groups is 1. The lowest BCUT2D eigenvalue weighted by Gasteiger charge is -2.16. The van der Waals surface area contributed by atoms with Crippen LogP contribution in [0, 0.1) is 5.92 Å². The third-order valence-electron chi connectivity index (χ3n) is 3.34. The first kappa shape index (κ1) is 12.7. The average molecular weight is 250 g/mol. The maximum Gasteiger partial charge on any atom is 0.339 e. The number of nitrogens with two attached hydrogens (primary N) is 1. The van der Waals surface area contributed by atoms with Crippen LogP contribution in [-0.2, 0) is 6.54 Å². The molecule has 1 saturated heterocycles. The highest BCUT2D eigenvalue weighted by molar-refractivity contribution is 5.93. The van der Waals surface area contributed by atoms with Gasteiger partial charge in [0.25, 0.3) is 0 Å². The van der Waals surface area contributed by atoms with Crippen LogP contribution in [0.15, 0.2) is 12.1 Å². The summed E-state index contributed by atoms with van der Waals surface area (Å²) in [5.41, 5.74) is 6.45. The Labute approximate surface area is 106 Å². The first-order valence-corrected chi connectivity index (χ1v) is 6.04. The molecular weight excluding hydrogens is 232 g/mol. The molecule has 0 saturated carbocycles. The summed E-state index contributed by atoms with van der Waals surface area (Å²) in [6.45, 7) is 4.91. The van der Waals surface area contributed by atoms with Crippen LogP contribution in [0.2, 0.25) is 0 Å². The van der Waals surface area contributed by atoms with Gasteiger partial charge in [-0.15, -0.1) is 0 Å². The molecule has 2 rings (SSSR count). The van der Waals surface area contributed by atoms with E-state index in [1.165, 1.54) is 12.5 Å². The summed E-state index contributed by atoms with van der Waals surface area (Å²) in [6, 6.07) is 3.14. The van der Waals surface area contributed by atoms with E-state index in [4.69, 9.17) is 10.8 Å². The highest BCUT2D eigenvalue weighted by Gasteiger charge is 2.20. The van der Waals surface area contributed by atoms with E-state index in [0.717, 1.165) is 18.7 Å². The lowest BCUT2D eigenvalue weighted by atomic mass is 10.1. The molecule has 0 aliphatic carbocycles. The lowest BCUT2D eigenvalue weighted by molar-refractivity contribution is 0.0693. The van der Waals surface area contributed by atoms with Gasteiger partial charge in [0.05, 0.1) is 5.69 Å². The van der Waals surface area contributed by atoms with Gasteiger partial charge in [0, 0.05) is 13.1 Å². The molecule has 0 aromatic heterocycles. The molecule has 0 spiro atoms. The number of phenols is 1. The summed E-state index contributed by atoms with van der Waals surface area (Å²) in [4.78, 5) is 13.3. The second kappa shape index (κ2) is 4.86. The normalized spacial score (nSPS) is 20.2. The first-order valence-electron chi connectivity index (χ1n) is 6.04. The molecule has 5 nitrogen and oxygen atoms in total. The fraction of sp³-hybridized carbons (Fsp3) is 0.462. The maximum atomic E-state index is 11.0. The van der Waals surface area contributed by atoms with E-state index in [1.54, 1.807) is 6.07 Å². The standard InChI is InChI=1S/C13H18N2O3/c1-8-2-3-15(6-8)7-9-4-10(13(17)18)12(16)11(14)5-9/h4-5,8,16H,2-3,6-7,14H2,1H3,(H,17,18)/t8-/m1/s1. The average Bonchev–Trinajstić information content (AvgIpc) is 2.68. The predicted octanol–water partition coefficient (Wildman–Crippen LogP) is 1.51. The van der Waals surface area contributed by atoms with Crippen molar-refractivity contribution in [1.82, 2.24) is 4.90 Å². The van der Waals surface area contributed by atoms with E-state index in [1.807, 2.05) is 0 Å². The zero-order valence-corrected chi connectivity index (χ0v) is 10.4. The number of likely N-dealkylation sites (tertiary alicyclic amines) is 1. The molecule has 0 bridgehead atoms. The first-order chi connectivity index (χ1) is 8.47. The van der Waals surface area contributed by atoms with Gasteiger partial charge in [-0.3, -0.25) is 4.90 Å². The van der Waals surface area contributed by atoms with E-state index in [0.29, 0.717) is 12.5 Å². The number of carboxylic acids is 1. The third-order valence-corrected chi connectivity index (χ3v) is 3.34. The number of nitrogens with zero attached hydrogens (tertiary/aromatic N) is 1. The number of benzene rings is 1. The summed E-state index contributed by atoms with van der Waals surface area (Å²) < 4.78 is 0. The van der Waals surface area contributed by atoms with Crippen LogP contribution >= 0.6 is 0 Å². The van der Waals surface area contributed by atoms with Gasteiger partial charge in [0.1, 0.15) is 5.56 Å². The quantitative estimate of drug-likeness (QED) is 0.559. The molecule has 5 heteroatoms. The molecular formula is C13H18N2O3. The molecule has 0 radical (unpaired) electrons. The molecule has 4 N–H and O–H groups in total. The van der Waals surface area contributed by atoms with Crippen molar-refractivity contribution in [3.8, 4) is 5.75 Å². The molecule has 1 aromatic carbocycles. The Hall–Kier alpha value is -1.75. The predicted molar refractivity (Wildman–Crippen MR) is 68.5 cm³/mol. The number of aromatic carboxylic acids is 1. The topological polar surface area (TPSA) is 86.8 Å². The number of nitrogen functional groups attached to an aromatic ring is 1. The largest absolute Gasteiger partial charge is 0.505 e. The summed E-state index contributed by atoms with van der Waals surface area (Å²) in [6.07, 6.45) is 1.17. The smallest absolute Gasteiger partial charge is 0.339 e. The third kappa shape index (κ3) is 2.56. The molecule has 1 heterocycles. The molecule has 0 amide bonds. The summed E-state index contributed by atoms with van der Waals surface area (Å²) in [7, 11) is 0. The van der Waals surface area contributed by atoms with E-state index in [9.17, 15) is 9.90 Å². The molecule has 0 unspecified atom stereocenters. The Kier molecular flexibility index (Phi) is 3.43. The summed E-state index contributed by atoms with van der Waals surface area (Å²) in [5.74, 6) is -0.824. The number of hydrogen-bond acceptors (Lipinski definition) is 4. The van der Waals surface area contributed by atoms with Gasteiger partial charge in [0.15, 0.2) is 5.75 Å². The van der Waals surface area contributed by atoms with Gasteiger partial charge < -0.3 is 15.9 Å². The second-order valence-electron chi connectivity index (χ2n) is 5.02. The highest BCUT2D eigenvalue weighted by atomic mass is 16.4. The number of anilines is 1. The number of rotatable bonds is 3. The van der Waals surface area contributed by atoms with Crippen LogP contribution in [0.1, 0.15) is 29.3 Å². The van der Waals surface area contributed by atoms with Crippen LogP contribution in [-0.4, -0.2) is 34.2 Å². The Bertz CT molecular complexity index is 474. The van der Waals surface area contributed by atoms with Crippen molar-refractivity contribution in [1.29, 1.82) is 0 Å². The van der Waals surface area contributed by atoms with Gasteiger partial charge in [0.2, 0.25) is 0 Å². The minimum Gasteiger partial charge on any atom is -0.505 e. The minimum absolute atomic E-state index is 0.122. The maximum absolute atomic E-state index is 11.0. The van der Waals surface area contributed by atoms with Crippen LogP contribution in [0.3, 0.4) is 0 Å². The van der Waals surface area contributed by atoms with Crippen molar-refractivity contribution in [3.05, 3.63) is 23.3 Å². The van der Waals surface area contributed by atoms with Gasteiger partial charge in [-0.2, -0.15) is 0 Å². The fourth-order valence-corrected chi connectivity index (χ4v) is 2.40. The molecule has 1 fully saturated rings. The van der Waals surface area contributed by atoms with Crippen LogP contribution in [0.4, 0.5) is 5.69 Å². The number of carboxylic acid groups (broad SMARTS) is 1. The zero-order valence-electron chi connectivity index (χ0n) is 10.4. The molecule has 18 heavy (non-hydrogen) atoms. The van der Waals surface area contributed by atoms with Crippen molar-refractivity contribution < 1.29 is 15.0 Å². The van der Waals surface area contributed by atoms with Gasteiger partial charge in [-0.05, 0) is 36.6 Å². The van der Waals surface area contributed by atoms with E-state index in [2.05, 4.69) is 11.8 Å². The highest BCUT2D eigenvalue weighted by Crippen LogP contribution is 2.28. The van der Waals surface area contributed by atoms with E-state index >= 15 is 0 Å². The number of carbonyl (C=O) groups is 1. The Balaban J connectivity index is 2.21. The van der Waals surface area contributed by atoms with Crippen LogP contribution in [0.25, 0.3) is 0 Å². The molecule has 98 valence electrons. The van der Waals surface area contributed by atoms with Gasteiger partial charge in [-0.1, -0.05) is 6.92 Å². The zero-order chi connectivity index (χ0) is 13.3. The number of hydrogen-bond donors (Lipinski definition) is 3. The SMILES string of the molecule is C[C@@H]1CCN(Cc2cc(N)c(O)c(C(=O)O)c2)C1. The summed E-state index contributed by atoms with van der Waals surface area (Å²) in [5, 5.41) is 18.6. The van der Waals surface area contributed by atoms with Crippen molar-refractivity contribution >= 4 is 11.7 Å². The van der Waals surface area contributed by atoms with Crippen molar-refractivity contribution in [3.63, 3.8) is 0 Å². The Morgan fingerprint density at radius 1 is 1.56 bits per heavy atom. The van der Waals surface area contributed by atoms with Gasteiger partial charge >= 0.3 is 5.97 Å². The minimum atomic E-state index is -1.16. The van der Waals surface area contributed by atoms with Gasteiger partial charge in [-0.25, -0.2) is 4.79 Å². The molecule has 1 atom stereocenters. The van der Waals surface area contributed by atoms with Crippen LogP contribution in [0.5, 0.6) is 5.75 Å². The monoisotopic (exact) mass is 250 g/mol. The van der Waals surface area contributed by atoms with E-state index in [-0.39, 0.29) is 17.0 Å². The van der Waals surface area contributed by atoms with Crippen molar-refractivity contribution in [2.24, 2.45) is 5.92 Å². The lowest BCUT2D eigenvalue weighted by Crippen LogP contribution is -2.20. The van der Waals surface area contributed by atoms with E-state index < -0.39 is 5.97 Å². The molecule has 1 aliphatic heterocycles.